The Kier molecular flexibility index (Phi) is 4.67. The summed E-state index contributed by atoms with van der Waals surface area (Å²) in [7, 11) is 0. The zero-order valence-electron chi connectivity index (χ0n) is 11.0. The molecule has 0 atom stereocenters. The molecule has 1 saturated heterocycles. The number of nitrogens with one attached hydrogen (secondary N) is 1. The maximum Gasteiger partial charge on any atom is 0.416 e. The van der Waals surface area contributed by atoms with Crippen LogP contribution < -0.4 is 5.32 Å². The van der Waals surface area contributed by atoms with E-state index in [1.807, 2.05) is 0 Å². The van der Waals surface area contributed by atoms with E-state index in [1.165, 1.54) is 12.1 Å². The van der Waals surface area contributed by atoms with Crippen molar-refractivity contribution >= 4 is 0 Å². The number of ether oxygens (including phenoxy) is 1. The van der Waals surface area contributed by atoms with Gasteiger partial charge in [0.05, 0.1) is 11.2 Å². The average molecular weight is 289 g/mol. The lowest BCUT2D eigenvalue weighted by atomic mass is 9.94. The van der Waals surface area contributed by atoms with Gasteiger partial charge in [-0.3, -0.25) is 0 Å². The lowest BCUT2D eigenvalue weighted by molar-refractivity contribution is -0.138. The molecule has 1 heterocycles. The van der Waals surface area contributed by atoms with Gasteiger partial charge in [-0.25, -0.2) is 0 Å². The van der Waals surface area contributed by atoms with E-state index in [-0.39, 0.29) is 18.7 Å². The third-order valence-corrected chi connectivity index (χ3v) is 3.52. The van der Waals surface area contributed by atoms with Crippen LogP contribution in [0.2, 0.25) is 0 Å². The van der Waals surface area contributed by atoms with Gasteiger partial charge in [-0.05, 0) is 11.6 Å². The van der Waals surface area contributed by atoms with Crippen LogP contribution in [-0.2, 0) is 17.5 Å². The minimum atomic E-state index is -4.35. The molecule has 20 heavy (non-hydrogen) atoms. The Balaban J connectivity index is 1.94. The molecule has 1 aromatic carbocycles. The van der Waals surface area contributed by atoms with Gasteiger partial charge in [0.15, 0.2) is 0 Å². The van der Waals surface area contributed by atoms with Gasteiger partial charge in [-0.15, -0.1) is 0 Å². The molecule has 1 aromatic rings. The summed E-state index contributed by atoms with van der Waals surface area (Å²) in [6.07, 6.45) is -3.35. The highest BCUT2D eigenvalue weighted by molar-refractivity contribution is 5.29. The minimum Gasteiger partial charge on any atom is -0.388 e. The third kappa shape index (κ3) is 3.94. The van der Waals surface area contributed by atoms with Crippen molar-refractivity contribution in [1.82, 2.24) is 5.32 Å². The molecule has 0 spiro atoms. The van der Waals surface area contributed by atoms with Crippen molar-refractivity contribution in [2.75, 3.05) is 19.8 Å². The summed E-state index contributed by atoms with van der Waals surface area (Å²) in [5.41, 5.74) is -1.33. The molecule has 1 aliphatic rings. The van der Waals surface area contributed by atoms with Crippen LogP contribution >= 0.6 is 0 Å². The van der Waals surface area contributed by atoms with E-state index in [2.05, 4.69) is 5.32 Å². The van der Waals surface area contributed by atoms with Crippen molar-refractivity contribution in [1.29, 1.82) is 0 Å². The van der Waals surface area contributed by atoms with Crippen molar-refractivity contribution in [3.8, 4) is 0 Å². The highest BCUT2D eigenvalue weighted by Crippen LogP contribution is 2.31. The van der Waals surface area contributed by atoms with Gasteiger partial charge in [-0.2, -0.15) is 13.2 Å². The molecule has 3 nitrogen and oxygen atoms in total. The van der Waals surface area contributed by atoms with Crippen molar-refractivity contribution in [3.63, 3.8) is 0 Å². The number of halogens is 3. The van der Waals surface area contributed by atoms with Gasteiger partial charge >= 0.3 is 6.18 Å². The largest absolute Gasteiger partial charge is 0.416 e. The highest BCUT2D eigenvalue weighted by Gasteiger charge is 2.33. The predicted octanol–water partition coefficient (Wildman–Crippen LogP) is 2.34. The normalized spacial score (nSPS) is 19.0. The lowest BCUT2D eigenvalue weighted by Gasteiger charge is -2.32. The fourth-order valence-electron chi connectivity index (χ4n) is 2.31. The number of benzene rings is 1. The molecule has 0 saturated carbocycles. The first-order valence-corrected chi connectivity index (χ1v) is 6.57. The number of alkyl halides is 3. The summed E-state index contributed by atoms with van der Waals surface area (Å²) >= 11 is 0. The Labute approximate surface area is 115 Å². The predicted molar refractivity (Wildman–Crippen MR) is 68.2 cm³/mol. The maximum absolute atomic E-state index is 12.8. The Morgan fingerprint density at radius 2 is 1.85 bits per heavy atom. The Morgan fingerprint density at radius 3 is 2.50 bits per heavy atom. The van der Waals surface area contributed by atoms with E-state index in [4.69, 9.17) is 4.74 Å². The maximum atomic E-state index is 12.8. The molecular formula is C14H18F3NO2. The number of rotatable bonds is 4. The summed E-state index contributed by atoms with van der Waals surface area (Å²) in [5.74, 6) is 0. The number of aliphatic hydroxyl groups is 1. The third-order valence-electron chi connectivity index (χ3n) is 3.52. The van der Waals surface area contributed by atoms with Gasteiger partial charge in [0.25, 0.3) is 0 Å². The molecule has 0 aromatic heterocycles. The molecule has 0 aliphatic carbocycles. The van der Waals surface area contributed by atoms with Gasteiger partial charge in [0.2, 0.25) is 0 Å². The molecule has 1 fully saturated rings. The van der Waals surface area contributed by atoms with Crippen LogP contribution in [0.25, 0.3) is 0 Å². The lowest BCUT2D eigenvalue weighted by Crippen LogP contribution is -2.44. The first-order valence-electron chi connectivity index (χ1n) is 6.57. The minimum absolute atomic E-state index is 0.0822. The second kappa shape index (κ2) is 6.11. The molecule has 0 bridgehead atoms. The second-order valence-electron chi connectivity index (χ2n) is 5.10. The fraction of sp³-hybridized carbons (Fsp3) is 0.571. The molecule has 1 aliphatic heterocycles. The summed E-state index contributed by atoms with van der Waals surface area (Å²) in [5, 5.41) is 13.1. The van der Waals surface area contributed by atoms with Crippen molar-refractivity contribution in [3.05, 3.63) is 35.4 Å². The van der Waals surface area contributed by atoms with E-state index >= 15 is 0 Å². The zero-order chi connectivity index (χ0) is 14.6. The van der Waals surface area contributed by atoms with Crippen LogP contribution in [0, 0.1) is 0 Å². The van der Waals surface area contributed by atoms with Crippen LogP contribution in [-0.4, -0.2) is 30.5 Å². The summed E-state index contributed by atoms with van der Waals surface area (Å²) < 4.78 is 43.6. The monoisotopic (exact) mass is 289 g/mol. The van der Waals surface area contributed by atoms with Gasteiger partial charge < -0.3 is 15.2 Å². The molecule has 0 amide bonds. The van der Waals surface area contributed by atoms with Crippen LogP contribution in [0.4, 0.5) is 13.2 Å². The van der Waals surface area contributed by atoms with Gasteiger partial charge in [0, 0.05) is 39.1 Å². The number of hydrogen-bond acceptors (Lipinski definition) is 3. The quantitative estimate of drug-likeness (QED) is 0.894. The average Bonchev–Trinajstić information content (AvgIpc) is 2.39. The second-order valence-corrected chi connectivity index (χ2v) is 5.10. The van der Waals surface area contributed by atoms with Crippen LogP contribution in [0.3, 0.4) is 0 Å². The molecule has 2 N–H and O–H groups in total. The molecule has 0 radical (unpaired) electrons. The van der Waals surface area contributed by atoms with Gasteiger partial charge in [-0.1, -0.05) is 18.2 Å². The first kappa shape index (κ1) is 15.3. The zero-order valence-corrected chi connectivity index (χ0v) is 11.0. The van der Waals surface area contributed by atoms with Gasteiger partial charge in [0.1, 0.15) is 0 Å². The first-order chi connectivity index (χ1) is 9.41. The Hall–Kier alpha value is -1.11. The molecular weight excluding hydrogens is 271 g/mol. The molecule has 6 heteroatoms. The van der Waals surface area contributed by atoms with Crippen molar-refractivity contribution in [2.24, 2.45) is 0 Å². The summed E-state index contributed by atoms with van der Waals surface area (Å²) in [4.78, 5) is 0. The van der Waals surface area contributed by atoms with E-state index < -0.39 is 17.3 Å². The van der Waals surface area contributed by atoms with E-state index in [9.17, 15) is 18.3 Å². The Bertz CT molecular complexity index is 442. The van der Waals surface area contributed by atoms with E-state index in [0.717, 1.165) is 6.07 Å². The van der Waals surface area contributed by atoms with Crippen LogP contribution in [0.15, 0.2) is 24.3 Å². The van der Waals surface area contributed by atoms with Crippen molar-refractivity contribution in [2.45, 2.75) is 31.2 Å². The summed E-state index contributed by atoms with van der Waals surface area (Å²) in [6.45, 7) is 1.32. The standard InChI is InChI=1S/C14H18F3NO2/c15-14(16,17)12-4-2-1-3-11(12)9-18-10-13(19)5-7-20-8-6-13/h1-4,18-19H,5-10H2. The fourth-order valence-corrected chi connectivity index (χ4v) is 2.31. The number of hydrogen-bond donors (Lipinski definition) is 2. The highest BCUT2D eigenvalue weighted by atomic mass is 19.4. The van der Waals surface area contributed by atoms with Crippen LogP contribution in [0.5, 0.6) is 0 Å². The topological polar surface area (TPSA) is 41.5 Å². The van der Waals surface area contributed by atoms with E-state index in [0.29, 0.717) is 26.1 Å². The molecule has 112 valence electrons. The SMILES string of the molecule is OC1(CNCc2ccccc2C(F)(F)F)CCOCC1. The Morgan fingerprint density at radius 1 is 1.20 bits per heavy atom. The van der Waals surface area contributed by atoms with Crippen molar-refractivity contribution < 1.29 is 23.0 Å². The molecule has 2 rings (SSSR count). The smallest absolute Gasteiger partial charge is 0.388 e. The summed E-state index contributed by atoms with van der Waals surface area (Å²) in [6, 6.07) is 5.47. The van der Waals surface area contributed by atoms with Crippen LogP contribution in [0.1, 0.15) is 24.0 Å². The van der Waals surface area contributed by atoms with E-state index in [1.54, 1.807) is 6.07 Å². The molecule has 0 unspecified atom stereocenters.